The summed E-state index contributed by atoms with van der Waals surface area (Å²) in [5.74, 6) is 0.220. The van der Waals surface area contributed by atoms with Gasteiger partial charge in [-0.1, -0.05) is 24.4 Å². The Morgan fingerprint density at radius 1 is 0.425 bits per heavy atom. The van der Waals surface area contributed by atoms with E-state index >= 15 is 0 Å². The van der Waals surface area contributed by atoms with Crippen molar-refractivity contribution in [2.75, 3.05) is 0 Å². The van der Waals surface area contributed by atoms with Crippen LogP contribution in [0.5, 0.6) is 34.5 Å². The highest BCUT2D eigenvalue weighted by atomic mass is 32.1. The molecule has 6 rings (SSSR count). The van der Waals surface area contributed by atoms with Crippen LogP contribution in [-0.2, 0) is 0 Å². The molecule has 2 heterocycles. The van der Waals surface area contributed by atoms with Gasteiger partial charge in [0.15, 0.2) is 0 Å². The molecular formula is C30H22N2O6S2. The van der Waals surface area contributed by atoms with Gasteiger partial charge < -0.3 is 39.8 Å². The van der Waals surface area contributed by atoms with Gasteiger partial charge >= 0.3 is 0 Å². The van der Waals surface area contributed by atoms with E-state index in [0.29, 0.717) is 30.8 Å². The van der Waals surface area contributed by atoms with Gasteiger partial charge in [0.2, 0.25) is 0 Å². The maximum Gasteiger partial charge on any atom is 0.130 e. The minimum absolute atomic E-state index is 0.00761. The Morgan fingerprint density at radius 3 is 1.12 bits per heavy atom. The molecule has 0 aliphatic rings. The highest BCUT2D eigenvalue weighted by Gasteiger charge is 2.09. The summed E-state index contributed by atoms with van der Waals surface area (Å²) in [4.78, 5) is 0. The molecule has 0 aliphatic carbocycles. The lowest BCUT2D eigenvalue weighted by Crippen LogP contribution is -1.96. The average Bonchev–Trinajstić information content (AvgIpc) is 2.90. The minimum Gasteiger partial charge on any atom is -0.508 e. The van der Waals surface area contributed by atoms with Crippen molar-refractivity contribution in [3.05, 3.63) is 107 Å². The Balaban J connectivity index is 0.000000161. The number of pyridine rings is 2. The lowest BCUT2D eigenvalue weighted by Gasteiger charge is -2.10. The van der Waals surface area contributed by atoms with E-state index in [1.807, 2.05) is 0 Å². The molecule has 4 aromatic carbocycles. The van der Waals surface area contributed by atoms with E-state index in [0.717, 1.165) is 11.4 Å². The van der Waals surface area contributed by atoms with E-state index in [9.17, 15) is 30.6 Å². The third kappa shape index (κ3) is 5.13. The van der Waals surface area contributed by atoms with Crippen LogP contribution in [0.25, 0.3) is 32.9 Å². The minimum atomic E-state index is -0.0573. The van der Waals surface area contributed by atoms with Crippen LogP contribution in [0.4, 0.5) is 0 Å². The van der Waals surface area contributed by atoms with Crippen LogP contribution in [0, 0.1) is 9.28 Å². The maximum atomic E-state index is 9.97. The molecule has 0 bridgehead atoms. The standard InChI is InChI=1S/2C15H11NO3S/c2*17-11-3-1-10(2-4-11)16-6-5-9-7-12(18)8-13(19)14(9)15(16)20/h2*1-8,17-19H. The van der Waals surface area contributed by atoms with Gasteiger partial charge in [-0.05, 0) is 83.6 Å². The molecule has 0 spiro atoms. The number of aromatic hydroxyl groups is 6. The second-order valence-electron chi connectivity index (χ2n) is 8.87. The van der Waals surface area contributed by atoms with Crippen molar-refractivity contribution < 1.29 is 30.6 Å². The van der Waals surface area contributed by atoms with Crippen molar-refractivity contribution in [1.82, 2.24) is 9.13 Å². The summed E-state index contributed by atoms with van der Waals surface area (Å²) in [5.41, 5.74) is 1.56. The molecular weight excluding hydrogens is 548 g/mol. The van der Waals surface area contributed by atoms with Crippen molar-refractivity contribution in [3.63, 3.8) is 0 Å². The SMILES string of the molecule is Oc1ccc(-n2ccc3cc(O)cc(O)c3c2=S)cc1.Oc1ccc(-n2ccc3cc(O)cc(O)c3c2=S)cc1. The largest absolute Gasteiger partial charge is 0.508 e. The summed E-state index contributed by atoms with van der Waals surface area (Å²) < 4.78 is 4.33. The van der Waals surface area contributed by atoms with Gasteiger partial charge in [0.1, 0.15) is 43.8 Å². The molecule has 6 aromatic rings. The van der Waals surface area contributed by atoms with Crippen LogP contribution >= 0.6 is 24.4 Å². The van der Waals surface area contributed by atoms with E-state index in [-0.39, 0.29) is 34.5 Å². The number of rotatable bonds is 2. The summed E-state index contributed by atoms with van der Waals surface area (Å²) in [7, 11) is 0. The summed E-state index contributed by atoms with van der Waals surface area (Å²) in [6, 6.07) is 22.3. The van der Waals surface area contributed by atoms with Crippen molar-refractivity contribution >= 4 is 46.0 Å². The van der Waals surface area contributed by atoms with E-state index in [4.69, 9.17) is 24.4 Å². The fraction of sp³-hybridized carbons (Fsp3) is 0. The van der Waals surface area contributed by atoms with E-state index < -0.39 is 0 Å². The third-order valence-corrected chi connectivity index (χ3v) is 6.99. The van der Waals surface area contributed by atoms with Gasteiger partial charge in [0.05, 0.1) is 10.8 Å². The van der Waals surface area contributed by atoms with Gasteiger partial charge in [0.25, 0.3) is 0 Å². The van der Waals surface area contributed by atoms with Crippen LogP contribution in [0.2, 0.25) is 0 Å². The fourth-order valence-corrected chi connectivity index (χ4v) is 5.09. The molecule has 2 aromatic heterocycles. The Hall–Kier alpha value is -5.06. The Kier molecular flexibility index (Phi) is 7.03. The quantitative estimate of drug-likeness (QED) is 0.123. The summed E-state index contributed by atoms with van der Waals surface area (Å²) in [5, 5.41) is 59.9. The smallest absolute Gasteiger partial charge is 0.130 e. The fourth-order valence-electron chi connectivity index (χ4n) is 4.31. The normalized spacial score (nSPS) is 10.8. The molecule has 0 amide bonds. The molecule has 0 atom stereocenters. The topological polar surface area (TPSA) is 131 Å². The summed E-state index contributed by atoms with van der Waals surface area (Å²) in [6.45, 7) is 0. The van der Waals surface area contributed by atoms with Gasteiger partial charge in [-0.25, -0.2) is 0 Å². The second-order valence-corrected chi connectivity index (χ2v) is 9.65. The predicted octanol–water partition coefficient (Wildman–Crippen LogP) is 6.95. The molecule has 0 radical (unpaired) electrons. The monoisotopic (exact) mass is 570 g/mol. The molecule has 0 fully saturated rings. The first-order chi connectivity index (χ1) is 19.1. The molecule has 8 nitrogen and oxygen atoms in total. The molecule has 0 unspecified atom stereocenters. The highest BCUT2D eigenvalue weighted by Crippen LogP contribution is 2.32. The lowest BCUT2D eigenvalue weighted by atomic mass is 10.1. The number of hydrogen-bond acceptors (Lipinski definition) is 8. The van der Waals surface area contributed by atoms with E-state index in [1.165, 1.54) is 12.1 Å². The van der Waals surface area contributed by atoms with Crippen molar-refractivity contribution in [2.45, 2.75) is 0 Å². The number of phenolic OH excluding ortho intramolecular Hbond substituents is 6. The zero-order valence-electron chi connectivity index (χ0n) is 20.6. The second kappa shape index (κ2) is 10.6. The van der Waals surface area contributed by atoms with Crippen LogP contribution in [0.3, 0.4) is 0 Å². The first-order valence-corrected chi connectivity index (χ1v) is 12.7. The molecule has 6 N–H and O–H groups in total. The van der Waals surface area contributed by atoms with Crippen LogP contribution < -0.4 is 0 Å². The number of phenols is 6. The first kappa shape index (κ1) is 26.5. The first-order valence-electron chi connectivity index (χ1n) is 11.9. The van der Waals surface area contributed by atoms with Gasteiger partial charge in [-0.15, -0.1) is 0 Å². The Bertz CT molecular complexity index is 1850. The third-order valence-electron chi connectivity index (χ3n) is 6.19. The van der Waals surface area contributed by atoms with E-state index in [2.05, 4.69) is 0 Å². The molecule has 200 valence electrons. The maximum absolute atomic E-state index is 9.97. The van der Waals surface area contributed by atoms with Crippen LogP contribution in [0.15, 0.2) is 97.3 Å². The van der Waals surface area contributed by atoms with Gasteiger partial charge in [0, 0.05) is 35.9 Å². The molecule has 0 saturated heterocycles. The van der Waals surface area contributed by atoms with Gasteiger partial charge in [-0.2, -0.15) is 0 Å². The molecule has 40 heavy (non-hydrogen) atoms. The van der Waals surface area contributed by atoms with Crippen molar-refractivity contribution in [1.29, 1.82) is 0 Å². The number of nitrogens with zero attached hydrogens (tertiary/aromatic N) is 2. The lowest BCUT2D eigenvalue weighted by molar-refractivity contribution is 0.454. The molecule has 10 heteroatoms. The zero-order chi connectivity index (χ0) is 28.6. The highest BCUT2D eigenvalue weighted by molar-refractivity contribution is 7.71. The summed E-state index contributed by atoms with van der Waals surface area (Å²) >= 11 is 10.8. The predicted molar refractivity (Wildman–Crippen MR) is 158 cm³/mol. The van der Waals surface area contributed by atoms with Crippen molar-refractivity contribution in [2.24, 2.45) is 0 Å². The number of hydrogen-bond donors (Lipinski definition) is 6. The van der Waals surface area contributed by atoms with Crippen LogP contribution in [-0.4, -0.2) is 39.8 Å². The van der Waals surface area contributed by atoms with Crippen LogP contribution in [0.1, 0.15) is 0 Å². The average molecular weight is 571 g/mol. The molecule has 0 saturated carbocycles. The van der Waals surface area contributed by atoms with Gasteiger partial charge in [-0.3, -0.25) is 0 Å². The van der Waals surface area contributed by atoms with E-state index in [1.54, 1.807) is 94.3 Å². The summed E-state index contributed by atoms with van der Waals surface area (Å²) in [6.07, 6.45) is 3.52. The Morgan fingerprint density at radius 2 is 0.775 bits per heavy atom. The number of fused-ring (bicyclic) bond motifs is 2. The zero-order valence-corrected chi connectivity index (χ0v) is 22.3. The molecule has 0 aliphatic heterocycles. The van der Waals surface area contributed by atoms with Crippen molar-refractivity contribution in [3.8, 4) is 45.9 Å². The number of aromatic nitrogens is 2. The number of benzene rings is 4. The Labute approximate surface area is 237 Å².